The van der Waals surface area contributed by atoms with Crippen LogP contribution in [0.1, 0.15) is 24.6 Å². The lowest BCUT2D eigenvalue weighted by molar-refractivity contribution is -0.119. The molecule has 0 bridgehead atoms. The smallest absolute Gasteiger partial charge is 0.244 e. The highest BCUT2D eigenvalue weighted by molar-refractivity contribution is 6.00. The van der Waals surface area contributed by atoms with Crippen molar-refractivity contribution in [1.82, 2.24) is 5.32 Å². The molecule has 1 aromatic carbocycles. The number of anilines is 1. The molecule has 1 aliphatic rings. The Morgan fingerprint density at radius 2 is 2.21 bits per heavy atom. The molecule has 1 saturated heterocycles. The highest BCUT2D eigenvalue weighted by Crippen LogP contribution is 2.31. The summed E-state index contributed by atoms with van der Waals surface area (Å²) in [4.78, 5) is 14.5. The zero-order chi connectivity index (χ0) is 16.9. The van der Waals surface area contributed by atoms with Gasteiger partial charge in [0, 0.05) is 13.2 Å². The molecule has 1 aromatic heterocycles. The molecule has 1 aliphatic heterocycles. The molecule has 2 atom stereocenters. The van der Waals surface area contributed by atoms with Crippen LogP contribution in [0.15, 0.2) is 47.1 Å². The van der Waals surface area contributed by atoms with Gasteiger partial charge in [0.15, 0.2) is 0 Å². The standard InChI is InChI=1S/C18H22N2O4/c1-23-17-6-3-2-5-15(17)20-10-8-14(18(20)22)19-13(9-11-21)16-7-4-12-24-16/h2-7,12-14,19,21H,8-11H2,1H3/t13-,14+/m1/s1. The molecule has 6 heteroatoms. The first kappa shape index (κ1) is 16.5. The zero-order valence-electron chi connectivity index (χ0n) is 13.6. The van der Waals surface area contributed by atoms with Crippen LogP contribution in [-0.4, -0.2) is 37.3 Å². The van der Waals surface area contributed by atoms with Crippen molar-refractivity contribution in [3.8, 4) is 5.75 Å². The lowest BCUT2D eigenvalue weighted by Gasteiger charge is -2.22. The molecular formula is C18H22N2O4. The Morgan fingerprint density at radius 1 is 1.38 bits per heavy atom. The van der Waals surface area contributed by atoms with E-state index in [9.17, 15) is 9.90 Å². The second-order valence-electron chi connectivity index (χ2n) is 5.75. The maximum absolute atomic E-state index is 12.8. The molecular weight excluding hydrogens is 308 g/mol. The second kappa shape index (κ2) is 7.51. The summed E-state index contributed by atoms with van der Waals surface area (Å²) in [6.45, 7) is 0.649. The molecule has 0 saturated carbocycles. The van der Waals surface area contributed by atoms with Crippen LogP contribution < -0.4 is 15.0 Å². The summed E-state index contributed by atoms with van der Waals surface area (Å²) in [7, 11) is 1.60. The van der Waals surface area contributed by atoms with E-state index in [4.69, 9.17) is 9.15 Å². The average molecular weight is 330 g/mol. The van der Waals surface area contributed by atoms with Crippen molar-refractivity contribution < 1.29 is 19.1 Å². The minimum atomic E-state index is -0.309. The lowest BCUT2D eigenvalue weighted by Crippen LogP contribution is -2.40. The van der Waals surface area contributed by atoms with Gasteiger partial charge in [0.2, 0.25) is 5.91 Å². The van der Waals surface area contributed by atoms with Crippen molar-refractivity contribution in [3.05, 3.63) is 48.4 Å². The van der Waals surface area contributed by atoms with Gasteiger partial charge in [0.1, 0.15) is 11.5 Å². The van der Waals surface area contributed by atoms with Gasteiger partial charge < -0.3 is 19.2 Å². The number of nitrogens with zero attached hydrogens (tertiary/aromatic N) is 1. The summed E-state index contributed by atoms with van der Waals surface area (Å²) in [6, 6.07) is 10.7. The highest BCUT2D eigenvalue weighted by atomic mass is 16.5. The summed E-state index contributed by atoms with van der Waals surface area (Å²) >= 11 is 0. The summed E-state index contributed by atoms with van der Waals surface area (Å²) in [5.74, 6) is 1.42. The van der Waals surface area contributed by atoms with Crippen LogP contribution in [0, 0.1) is 0 Å². The van der Waals surface area contributed by atoms with Gasteiger partial charge in [-0.05, 0) is 37.1 Å². The fourth-order valence-electron chi connectivity index (χ4n) is 3.10. The number of nitrogens with one attached hydrogen (secondary N) is 1. The number of benzene rings is 1. The van der Waals surface area contributed by atoms with Crippen LogP contribution in [0.3, 0.4) is 0 Å². The Balaban J connectivity index is 1.74. The minimum absolute atomic E-state index is 0.00833. The summed E-state index contributed by atoms with van der Waals surface area (Å²) in [5, 5.41) is 12.6. The SMILES string of the molecule is COc1ccccc1N1CC[C@H](N[C@H](CCO)c2ccco2)C1=O. The third-order valence-corrected chi connectivity index (χ3v) is 4.29. The molecule has 24 heavy (non-hydrogen) atoms. The third-order valence-electron chi connectivity index (χ3n) is 4.29. The van der Waals surface area contributed by atoms with E-state index in [2.05, 4.69) is 5.32 Å². The number of ether oxygens (including phenoxy) is 1. The van der Waals surface area contributed by atoms with Crippen LogP contribution >= 0.6 is 0 Å². The molecule has 1 amide bonds. The summed E-state index contributed by atoms with van der Waals surface area (Å²) < 4.78 is 10.8. The average Bonchev–Trinajstić information content (AvgIpc) is 3.25. The predicted octanol–water partition coefficient (Wildman–Crippen LogP) is 2.11. The second-order valence-corrected chi connectivity index (χ2v) is 5.75. The van der Waals surface area contributed by atoms with E-state index >= 15 is 0 Å². The number of carbonyl (C=O) groups excluding carboxylic acids is 1. The van der Waals surface area contributed by atoms with Crippen LogP contribution in [0.4, 0.5) is 5.69 Å². The molecule has 2 aromatic rings. The van der Waals surface area contributed by atoms with Gasteiger partial charge in [-0.3, -0.25) is 10.1 Å². The number of aliphatic hydroxyl groups excluding tert-OH is 1. The first-order valence-corrected chi connectivity index (χ1v) is 8.09. The van der Waals surface area contributed by atoms with Crippen LogP contribution in [0.2, 0.25) is 0 Å². The Labute approximate surface area is 141 Å². The van der Waals surface area contributed by atoms with Gasteiger partial charge in [-0.25, -0.2) is 0 Å². The van der Waals surface area contributed by atoms with Gasteiger partial charge in [-0.1, -0.05) is 12.1 Å². The number of aliphatic hydroxyl groups is 1. The number of methoxy groups -OCH3 is 1. The van der Waals surface area contributed by atoms with E-state index in [0.29, 0.717) is 25.1 Å². The molecule has 2 heterocycles. The fourth-order valence-corrected chi connectivity index (χ4v) is 3.10. The largest absolute Gasteiger partial charge is 0.495 e. The van der Waals surface area contributed by atoms with Crippen molar-refractivity contribution in [2.24, 2.45) is 0 Å². The Morgan fingerprint density at radius 3 is 2.92 bits per heavy atom. The Hall–Kier alpha value is -2.31. The van der Waals surface area contributed by atoms with E-state index in [0.717, 1.165) is 11.4 Å². The molecule has 0 aliphatic carbocycles. The molecule has 6 nitrogen and oxygen atoms in total. The normalized spacial score (nSPS) is 18.8. The van der Waals surface area contributed by atoms with Crippen LogP contribution in [0.25, 0.3) is 0 Å². The number of rotatable bonds is 7. The molecule has 128 valence electrons. The van der Waals surface area contributed by atoms with Gasteiger partial charge in [-0.2, -0.15) is 0 Å². The molecule has 1 fully saturated rings. The van der Waals surface area contributed by atoms with E-state index in [-0.39, 0.29) is 24.6 Å². The highest BCUT2D eigenvalue weighted by Gasteiger charge is 2.35. The van der Waals surface area contributed by atoms with E-state index in [1.807, 2.05) is 30.3 Å². The van der Waals surface area contributed by atoms with Crippen LogP contribution in [0.5, 0.6) is 5.75 Å². The molecule has 2 N–H and O–H groups in total. The number of carbonyl (C=O) groups is 1. The number of para-hydroxylation sites is 2. The first-order valence-electron chi connectivity index (χ1n) is 8.09. The molecule has 3 rings (SSSR count). The fraction of sp³-hybridized carbons (Fsp3) is 0.389. The Kier molecular flexibility index (Phi) is 5.17. The maximum atomic E-state index is 12.8. The minimum Gasteiger partial charge on any atom is -0.495 e. The predicted molar refractivity (Wildman–Crippen MR) is 90.0 cm³/mol. The number of hydrogen-bond acceptors (Lipinski definition) is 5. The van der Waals surface area contributed by atoms with Gasteiger partial charge in [-0.15, -0.1) is 0 Å². The first-order chi connectivity index (χ1) is 11.7. The van der Waals surface area contributed by atoms with Crippen molar-refractivity contribution in [3.63, 3.8) is 0 Å². The van der Waals surface area contributed by atoms with Crippen molar-refractivity contribution in [1.29, 1.82) is 0 Å². The molecule has 0 radical (unpaired) electrons. The van der Waals surface area contributed by atoms with Crippen molar-refractivity contribution in [2.45, 2.75) is 24.9 Å². The van der Waals surface area contributed by atoms with E-state index in [1.165, 1.54) is 0 Å². The summed E-state index contributed by atoms with van der Waals surface area (Å²) in [6.07, 6.45) is 2.78. The van der Waals surface area contributed by atoms with Crippen molar-refractivity contribution >= 4 is 11.6 Å². The maximum Gasteiger partial charge on any atom is 0.244 e. The Bertz CT molecular complexity index is 671. The van der Waals surface area contributed by atoms with Crippen LogP contribution in [-0.2, 0) is 4.79 Å². The molecule has 0 spiro atoms. The quantitative estimate of drug-likeness (QED) is 0.813. The lowest BCUT2D eigenvalue weighted by atomic mass is 10.1. The zero-order valence-corrected chi connectivity index (χ0v) is 13.6. The molecule has 0 unspecified atom stereocenters. The third kappa shape index (κ3) is 3.29. The number of furan rings is 1. The van der Waals surface area contributed by atoms with Gasteiger partial charge in [0.05, 0.1) is 31.1 Å². The van der Waals surface area contributed by atoms with E-state index < -0.39 is 0 Å². The van der Waals surface area contributed by atoms with E-state index in [1.54, 1.807) is 24.3 Å². The topological polar surface area (TPSA) is 74.9 Å². The van der Waals surface area contributed by atoms with Gasteiger partial charge >= 0.3 is 0 Å². The van der Waals surface area contributed by atoms with Crippen molar-refractivity contribution in [2.75, 3.05) is 25.2 Å². The monoisotopic (exact) mass is 330 g/mol. The number of amides is 1. The van der Waals surface area contributed by atoms with Gasteiger partial charge in [0.25, 0.3) is 0 Å². The summed E-state index contributed by atoms with van der Waals surface area (Å²) in [5.41, 5.74) is 0.783. The number of hydrogen-bond donors (Lipinski definition) is 2.